The standard InChI is InChI=1S/C21H27ClN6/c1-14-17(20-26-18-6-5-16(22)12-19(18)27-20)13-24-21(25-14)23-9-3-4-15-7-10-28(2)11-8-15/h5-6,12-13,15H,3-4,7-11H2,1-2H3,(H,26,27)(H,23,24,25). The summed E-state index contributed by atoms with van der Waals surface area (Å²) in [5, 5.41) is 4.04. The van der Waals surface area contributed by atoms with Crippen LogP contribution in [0, 0.1) is 12.8 Å². The molecule has 1 fully saturated rings. The summed E-state index contributed by atoms with van der Waals surface area (Å²) in [7, 11) is 2.21. The first-order chi connectivity index (χ1) is 13.6. The van der Waals surface area contributed by atoms with Crippen LogP contribution in [-0.4, -0.2) is 51.5 Å². The highest BCUT2D eigenvalue weighted by Gasteiger charge is 2.16. The fourth-order valence-corrected chi connectivity index (χ4v) is 4.00. The number of halogens is 1. The molecular formula is C21H27ClN6. The van der Waals surface area contributed by atoms with E-state index in [0.29, 0.717) is 11.0 Å². The van der Waals surface area contributed by atoms with Crippen LogP contribution in [0.25, 0.3) is 22.4 Å². The van der Waals surface area contributed by atoms with E-state index < -0.39 is 0 Å². The first-order valence-corrected chi connectivity index (χ1v) is 10.4. The number of hydrogen-bond donors (Lipinski definition) is 2. The Morgan fingerprint density at radius 2 is 2.07 bits per heavy atom. The molecule has 3 heterocycles. The lowest BCUT2D eigenvalue weighted by atomic mass is 9.92. The van der Waals surface area contributed by atoms with Crippen LogP contribution in [0.1, 0.15) is 31.4 Å². The molecule has 0 bridgehead atoms. The number of hydrogen-bond acceptors (Lipinski definition) is 5. The van der Waals surface area contributed by atoms with E-state index in [2.05, 4.69) is 37.2 Å². The Hall–Kier alpha value is -2.18. The predicted octanol–water partition coefficient (Wildman–Crippen LogP) is 4.52. The van der Waals surface area contributed by atoms with Gasteiger partial charge in [0.05, 0.1) is 22.3 Å². The molecule has 1 aromatic carbocycles. The molecule has 2 aromatic heterocycles. The number of imidazole rings is 1. The summed E-state index contributed by atoms with van der Waals surface area (Å²) in [6.45, 7) is 5.36. The maximum atomic E-state index is 6.05. The molecule has 0 spiro atoms. The van der Waals surface area contributed by atoms with Crippen LogP contribution >= 0.6 is 11.6 Å². The SMILES string of the molecule is Cc1nc(NCCCC2CCN(C)CC2)ncc1-c1nc2cc(Cl)ccc2[nH]1. The Balaban J connectivity index is 1.34. The van der Waals surface area contributed by atoms with Crippen molar-refractivity contribution in [3.05, 3.63) is 35.1 Å². The van der Waals surface area contributed by atoms with Gasteiger partial charge in [-0.1, -0.05) is 11.6 Å². The van der Waals surface area contributed by atoms with Crippen molar-refractivity contribution in [3.63, 3.8) is 0 Å². The van der Waals surface area contributed by atoms with Gasteiger partial charge in [0, 0.05) is 17.8 Å². The summed E-state index contributed by atoms with van der Waals surface area (Å²) in [5.74, 6) is 2.32. The van der Waals surface area contributed by atoms with E-state index in [4.69, 9.17) is 11.6 Å². The number of fused-ring (bicyclic) bond motifs is 1. The second-order valence-electron chi connectivity index (χ2n) is 7.76. The minimum absolute atomic E-state index is 0.679. The number of H-pyrrole nitrogens is 1. The normalized spacial score (nSPS) is 16.0. The summed E-state index contributed by atoms with van der Waals surface area (Å²) < 4.78 is 0. The molecule has 7 heteroatoms. The summed E-state index contributed by atoms with van der Waals surface area (Å²) in [5.41, 5.74) is 3.61. The zero-order chi connectivity index (χ0) is 19.5. The molecule has 1 aliphatic rings. The van der Waals surface area contributed by atoms with Gasteiger partial charge in [-0.15, -0.1) is 0 Å². The van der Waals surface area contributed by atoms with Gasteiger partial charge in [-0.25, -0.2) is 15.0 Å². The number of aromatic nitrogens is 4. The van der Waals surface area contributed by atoms with Gasteiger partial charge < -0.3 is 15.2 Å². The van der Waals surface area contributed by atoms with Gasteiger partial charge in [0.25, 0.3) is 0 Å². The van der Waals surface area contributed by atoms with Crippen molar-refractivity contribution >= 4 is 28.6 Å². The van der Waals surface area contributed by atoms with Gasteiger partial charge in [0.1, 0.15) is 5.82 Å². The number of nitrogens with zero attached hydrogens (tertiary/aromatic N) is 4. The summed E-state index contributed by atoms with van der Waals surface area (Å²) in [6, 6.07) is 5.64. The van der Waals surface area contributed by atoms with Gasteiger partial charge >= 0.3 is 0 Å². The highest BCUT2D eigenvalue weighted by atomic mass is 35.5. The van der Waals surface area contributed by atoms with Gasteiger partial charge in [0.15, 0.2) is 0 Å². The molecule has 148 valence electrons. The number of piperidine rings is 1. The molecule has 0 radical (unpaired) electrons. The zero-order valence-corrected chi connectivity index (χ0v) is 17.3. The second-order valence-corrected chi connectivity index (χ2v) is 8.19. The lowest BCUT2D eigenvalue weighted by molar-refractivity contribution is 0.211. The van der Waals surface area contributed by atoms with Crippen LogP contribution < -0.4 is 5.32 Å². The van der Waals surface area contributed by atoms with Crippen molar-refractivity contribution in [2.24, 2.45) is 5.92 Å². The van der Waals surface area contributed by atoms with E-state index in [1.807, 2.05) is 31.3 Å². The molecule has 28 heavy (non-hydrogen) atoms. The molecule has 0 amide bonds. The molecule has 1 aliphatic heterocycles. The van der Waals surface area contributed by atoms with E-state index in [9.17, 15) is 0 Å². The lowest BCUT2D eigenvalue weighted by Gasteiger charge is -2.28. The third kappa shape index (κ3) is 4.45. The third-order valence-corrected chi connectivity index (χ3v) is 5.83. The molecule has 1 saturated heterocycles. The van der Waals surface area contributed by atoms with Crippen LogP contribution in [0.4, 0.5) is 5.95 Å². The molecule has 0 unspecified atom stereocenters. The van der Waals surface area contributed by atoms with Gasteiger partial charge in [-0.2, -0.15) is 0 Å². The molecule has 2 N–H and O–H groups in total. The highest BCUT2D eigenvalue weighted by Crippen LogP contribution is 2.25. The highest BCUT2D eigenvalue weighted by molar-refractivity contribution is 6.31. The van der Waals surface area contributed by atoms with Crippen molar-refractivity contribution < 1.29 is 0 Å². The Labute approximate surface area is 170 Å². The van der Waals surface area contributed by atoms with E-state index in [0.717, 1.165) is 47.0 Å². The lowest BCUT2D eigenvalue weighted by Crippen LogP contribution is -2.30. The fraction of sp³-hybridized carbons (Fsp3) is 0.476. The van der Waals surface area contributed by atoms with Gasteiger partial charge in [-0.05, 0) is 76.9 Å². The van der Waals surface area contributed by atoms with Crippen molar-refractivity contribution in [3.8, 4) is 11.4 Å². The Bertz CT molecular complexity index is 945. The first-order valence-electron chi connectivity index (χ1n) is 10.00. The number of aryl methyl sites for hydroxylation is 1. The first kappa shape index (κ1) is 19.2. The minimum atomic E-state index is 0.679. The average molecular weight is 399 g/mol. The second kappa shape index (κ2) is 8.45. The van der Waals surface area contributed by atoms with Crippen LogP contribution in [0.2, 0.25) is 5.02 Å². The number of rotatable bonds is 6. The topological polar surface area (TPSA) is 69.7 Å². The molecule has 6 nitrogen and oxygen atoms in total. The number of anilines is 1. The Morgan fingerprint density at radius 1 is 1.25 bits per heavy atom. The summed E-state index contributed by atoms with van der Waals surface area (Å²) >= 11 is 6.05. The Kier molecular flexibility index (Phi) is 5.78. The molecule has 3 aromatic rings. The van der Waals surface area contributed by atoms with Gasteiger partial charge in [-0.3, -0.25) is 0 Å². The quantitative estimate of drug-likeness (QED) is 0.597. The summed E-state index contributed by atoms with van der Waals surface area (Å²) in [4.78, 5) is 19.5. The molecule has 4 rings (SSSR count). The van der Waals surface area contributed by atoms with Gasteiger partial charge in [0.2, 0.25) is 5.95 Å². The van der Waals surface area contributed by atoms with E-state index in [1.165, 1.54) is 32.4 Å². The van der Waals surface area contributed by atoms with Crippen molar-refractivity contribution in [2.75, 3.05) is 32.0 Å². The zero-order valence-electron chi connectivity index (χ0n) is 16.5. The van der Waals surface area contributed by atoms with Crippen LogP contribution in [-0.2, 0) is 0 Å². The van der Waals surface area contributed by atoms with Crippen molar-refractivity contribution in [2.45, 2.75) is 32.6 Å². The summed E-state index contributed by atoms with van der Waals surface area (Å²) in [6.07, 6.45) is 6.91. The number of aromatic amines is 1. The molecule has 0 aliphatic carbocycles. The van der Waals surface area contributed by atoms with Crippen LogP contribution in [0.3, 0.4) is 0 Å². The van der Waals surface area contributed by atoms with Crippen LogP contribution in [0.15, 0.2) is 24.4 Å². The van der Waals surface area contributed by atoms with Crippen molar-refractivity contribution in [1.29, 1.82) is 0 Å². The largest absolute Gasteiger partial charge is 0.354 e. The predicted molar refractivity (Wildman–Crippen MR) is 115 cm³/mol. The molecule has 0 saturated carbocycles. The van der Waals surface area contributed by atoms with Crippen molar-refractivity contribution in [1.82, 2.24) is 24.8 Å². The Morgan fingerprint density at radius 3 is 2.86 bits per heavy atom. The maximum absolute atomic E-state index is 6.05. The third-order valence-electron chi connectivity index (χ3n) is 5.59. The smallest absolute Gasteiger partial charge is 0.222 e. The monoisotopic (exact) mass is 398 g/mol. The number of likely N-dealkylation sites (tertiary alicyclic amines) is 1. The minimum Gasteiger partial charge on any atom is -0.354 e. The van der Waals surface area contributed by atoms with Crippen LogP contribution in [0.5, 0.6) is 0 Å². The van der Waals surface area contributed by atoms with E-state index >= 15 is 0 Å². The molecular weight excluding hydrogens is 372 g/mol. The average Bonchev–Trinajstić information content (AvgIpc) is 3.09. The molecule has 0 atom stereocenters. The number of nitrogens with one attached hydrogen (secondary N) is 2. The number of benzene rings is 1. The fourth-order valence-electron chi connectivity index (χ4n) is 3.83. The maximum Gasteiger partial charge on any atom is 0.222 e. The van der Waals surface area contributed by atoms with E-state index in [1.54, 1.807) is 0 Å². The van der Waals surface area contributed by atoms with E-state index in [-0.39, 0.29) is 0 Å².